The Morgan fingerprint density at radius 1 is 1.47 bits per heavy atom. The number of thiophene rings is 1. The molecule has 0 aliphatic rings. The molecule has 1 rings (SSSR count). The van der Waals surface area contributed by atoms with Crippen LogP contribution in [0.2, 0.25) is 0 Å². The van der Waals surface area contributed by atoms with E-state index in [-0.39, 0.29) is 5.91 Å². The lowest BCUT2D eigenvalue weighted by molar-refractivity contribution is -0.116. The van der Waals surface area contributed by atoms with Gasteiger partial charge in [0.15, 0.2) is 0 Å². The highest BCUT2D eigenvalue weighted by molar-refractivity contribution is 7.11. The number of rotatable bonds is 6. The molecule has 0 aromatic carbocycles. The van der Waals surface area contributed by atoms with Crippen LogP contribution in [0.4, 0.5) is 0 Å². The van der Waals surface area contributed by atoms with Crippen LogP contribution in [0.5, 0.6) is 0 Å². The van der Waals surface area contributed by atoms with Gasteiger partial charge in [-0.15, -0.1) is 11.3 Å². The molecule has 1 heterocycles. The summed E-state index contributed by atoms with van der Waals surface area (Å²) in [5.74, 6) is 0.598. The van der Waals surface area contributed by atoms with Crippen LogP contribution in [0.1, 0.15) is 37.1 Å². The molecule has 17 heavy (non-hydrogen) atoms. The summed E-state index contributed by atoms with van der Waals surface area (Å²) in [7, 11) is 0. The minimum Gasteiger partial charge on any atom is -0.352 e. The smallest absolute Gasteiger partial charge is 0.244 e. The maximum absolute atomic E-state index is 11.6. The van der Waals surface area contributed by atoms with Gasteiger partial charge in [0.1, 0.15) is 0 Å². The van der Waals surface area contributed by atoms with Gasteiger partial charge in [0, 0.05) is 17.5 Å². The van der Waals surface area contributed by atoms with Crippen LogP contribution in [0.25, 0.3) is 6.08 Å². The molecule has 0 radical (unpaired) electrons. The van der Waals surface area contributed by atoms with Gasteiger partial charge in [-0.3, -0.25) is 4.79 Å². The van der Waals surface area contributed by atoms with E-state index < -0.39 is 0 Å². The summed E-state index contributed by atoms with van der Waals surface area (Å²) in [5.41, 5.74) is 1.22. The van der Waals surface area contributed by atoms with Crippen LogP contribution >= 0.6 is 11.3 Å². The fraction of sp³-hybridized carbons (Fsp3) is 0.500. The molecule has 0 fully saturated rings. The van der Waals surface area contributed by atoms with Gasteiger partial charge in [-0.2, -0.15) is 0 Å². The fourth-order valence-electron chi connectivity index (χ4n) is 1.59. The molecule has 0 saturated carbocycles. The number of nitrogens with one attached hydrogen (secondary N) is 1. The van der Waals surface area contributed by atoms with E-state index >= 15 is 0 Å². The van der Waals surface area contributed by atoms with Gasteiger partial charge in [-0.25, -0.2) is 0 Å². The van der Waals surface area contributed by atoms with Gasteiger partial charge in [-0.1, -0.05) is 26.7 Å². The van der Waals surface area contributed by atoms with Gasteiger partial charge < -0.3 is 5.32 Å². The van der Waals surface area contributed by atoms with Crippen molar-refractivity contribution in [2.75, 3.05) is 6.54 Å². The van der Waals surface area contributed by atoms with E-state index in [4.69, 9.17) is 0 Å². The van der Waals surface area contributed by atoms with E-state index in [0.29, 0.717) is 5.92 Å². The Morgan fingerprint density at radius 2 is 2.18 bits per heavy atom. The normalized spacial score (nSPS) is 11.3. The minimum absolute atomic E-state index is 0.00435. The molecule has 2 nitrogen and oxygen atoms in total. The molecular formula is C14H21NOS. The third-order valence-corrected chi connectivity index (χ3v) is 3.99. The highest BCUT2D eigenvalue weighted by Crippen LogP contribution is 2.16. The number of hydrogen-bond donors (Lipinski definition) is 1. The van der Waals surface area contributed by atoms with Crippen molar-refractivity contribution in [1.29, 1.82) is 0 Å². The van der Waals surface area contributed by atoms with Gasteiger partial charge >= 0.3 is 0 Å². The zero-order chi connectivity index (χ0) is 12.7. The van der Waals surface area contributed by atoms with E-state index in [0.717, 1.165) is 24.3 Å². The first kappa shape index (κ1) is 14.0. The molecule has 0 unspecified atom stereocenters. The van der Waals surface area contributed by atoms with E-state index in [1.807, 2.05) is 11.5 Å². The average Bonchev–Trinajstić information content (AvgIpc) is 2.73. The van der Waals surface area contributed by atoms with Gasteiger partial charge in [0.25, 0.3) is 0 Å². The van der Waals surface area contributed by atoms with Crippen molar-refractivity contribution in [1.82, 2.24) is 5.32 Å². The van der Waals surface area contributed by atoms with Crippen LogP contribution in [-0.4, -0.2) is 12.5 Å². The second-order valence-corrected chi connectivity index (χ2v) is 5.18. The van der Waals surface area contributed by atoms with E-state index in [1.54, 1.807) is 17.4 Å². The quantitative estimate of drug-likeness (QED) is 0.769. The van der Waals surface area contributed by atoms with Crippen molar-refractivity contribution in [2.45, 2.75) is 33.6 Å². The molecule has 3 heteroatoms. The number of aryl methyl sites for hydroxylation is 1. The highest BCUT2D eigenvalue weighted by Gasteiger charge is 2.04. The first-order valence-electron chi connectivity index (χ1n) is 6.17. The Labute approximate surface area is 108 Å². The Balaban J connectivity index is 2.40. The monoisotopic (exact) mass is 251 g/mol. The van der Waals surface area contributed by atoms with Gasteiger partial charge in [0.2, 0.25) is 5.91 Å². The summed E-state index contributed by atoms with van der Waals surface area (Å²) in [5, 5.41) is 4.98. The first-order valence-corrected chi connectivity index (χ1v) is 7.05. The van der Waals surface area contributed by atoms with E-state index in [1.165, 1.54) is 5.56 Å². The fourth-order valence-corrected chi connectivity index (χ4v) is 2.41. The molecule has 0 aliphatic heterocycles. The number of carbonyl (C=O) groups excluding carboxylic acids is 1. The van der Waals surface area contributed by atoms with E-state index in [9.17, 15) is 4.79 Å². The lowest BCUT2D eigenvalue weighted by Crippen LogP contribution is -2.27. The average molecular weight is 251 g/mol. The second kappa shape index (κ2) is 7.28. The maximum Gasteiger partial charge on any atom is 0.244 e. The number of hydrogen-bond acceptors (Lipinski definition) is 2. The molecular weight excluding hydrogens is 230 g/mol. The summed E-state index contributed by atoms with van der Waals surface area (Å²) in [6.07, 6.45) is 5.75. The summed E-state index contributed by atoms with van der Waals surface area (Å²) < 4.78 is 0. The summed E-state index contributed by atoms with van der Waals surface area (Å²) >= 11 is 1.66. The van der Waals surface area contributed by atoms with Crippen molar-refractivity contribution < 1.29 is 4.79 Å². The van der Waals surface area contributed by atoms with Crippen LogP contribution in [-0.2, 0) is 4.79 Å². The summed E-state index contributed by atoms with van der Waals surface area (Å²) in [4.78, 5) is 12.7. The number of amides is 1. The lowest BCUT2D eigenvalue weighted by Gasteiger charge is -2.11. The van der Waals surface area contributed by atoms with Crippen molar-refractivity contribution in [3.8, 4) is 0 Å². The van der Waals surface area contributed by atoms with Gasteiger partial charge in [0.05, 0.1) is 0 Å². The largest absolute Gasteiger partial charge is 0.352 e. The molecule has 0 saturated heterocycles. The van der Waals surface area contributed by atoms with Crippen molar-refractivity contribution in [3.63, 3.8) is 0 Å². The highest BCUT2D eigenvalue weighted by atomic mass is 32.1. The molecule has 0 spiro atoms. The van der Waals surface area contributed by atoms with Gasteiger partial charge in [-0.05, 0) is 35.9 Å². The Morgan fingerprint density at radius 3 is 2.71 bits per heavy atom. The topological polar surface area (TPSA) is 29.1 Å². The third-order valence-electron chi connectivity index (χ3n) is 3.01. The first-order chi connectivity index (χ1) is 8.17. The molecule has 0 bridgehead atoms. The number of carbonyl (C=O) groups is 1. The molecule has 1 amide bonds. The molecule has 0 aliphatic carbocycles. The summed E-state index contributed by atoms with van der Waals surface area (Å²) in [6, 6.07) is 2.06. The van der Waals surface area contributed by atoms with Crippen LogP contribution in [0, 0.1) is 12.8 Å². The zero-order valence-electron chi connectivity index (χ0n) is 10.8. The Bertz CT molecular complexity index is 377. The molecule has 1 aromatic rings. The van der Waals surface area contributed by atoms with Crippen LogP contribution in [0.3, 0.4) is 0 Å². The predicted molar refractivity (Wildman–Crippen MR) is 75.2 cm³/mol. The standard InChI is InChI=1S/C14H21NOS/c1-4-12(5-2)10-15-14(16)7-6-13-11(3)8-9-17-13/h6-9,12H,4-5,10H2,1-3H3,(H,15,16)/b7-6+. The molecule has 0 atom stereocenters. The molecule has 1 aromatic heterocycles. The van der Waals surface area contributed by atoms with Crippen molar-refractivity contribution >= 4 is 23.3 Å². The summed E-state index contributed by atoms with van der Waals surface area (Å²) in [6.45, 7) is 7.15. The Kier molecular flexibility index (Phi) is 5.98. The SMILES string of the molecule is CCC(CC)CNC(=O)/C=C/c1sccc1C. The van der Waals surface area contributed by atoms with E-state index in [2.05, 4.69) is 32.2 Å². The minimum atomic E-state index is 0.00435. The van der Waals surface area contributed by atoms with Crippen LogP contribution in [0.15, 0.2) is 17.5 Å². The zero-order valence-corrected chi connectivity index (χ0v) is 11.6. The van der Waals surface area contributed by atoms with Crippen LogP contribution < -0.4 is 5.32 Å². The Hall–Kier alpha value is -1.09. The molecule has 1 N–H and O–H groups in total. The maximum atomic E-state index is 11.6. The van der Waals surface area contributed by atoms with Crippen molar-refractivity contribution in [2.24, 2.45) is 5.92 Å². The lowest BCUT2D eigenvalue weighted by atomic mass is 10.0. The predicted octanol–water partition coefficient (Wildman–Crippen LogP) is 3.62. The van der Waals surface area contributed by atoms with Crippen molar-refractivity contribution in [3.05, 3.63) is 28.0 Å². The molecule has 94 valence electrons. The second-order valence-electron chi connectivity index (χ2n) is 4.23. The third kappa shape index (κ3) is 4.73.